The molecule has 5 nitrogen and oxygen atoms in total. The molecule has 0 aliphatic carbocycles. The van der Waals surface area contributed by atoms with Crippen LogP contribution in [0.2, 0.25) is 0 Å². The second-order valence-electron chi connectivity index (χ2n) is 5.51. The van der Waals surface area contributed by atoms with Crippen LogP contribution in [0.5, 0.6) is 0 Å². The lowest BCUT2D eigenvalue weighted by Crippen LogP contribution is -2.43. The molecule has 1 heterocycles. The van der Waals surface area contributed by atoms with E-state index in [1.54, 1.807) is 0 Å². The van der Waals surface area contributed by atoms with Crippen molar-refractivity contribution in [3.63, 3.8) is 0 Å². The van der Waals surface area contributed by atoms with E-state index in [2.05, 4.69) is 12.2 Å². The molecule has 0 radical (unpaired) electrons. The number of carbonyl (C=O) groups excluding carboxylic acids is 1. The zero-order valence-corrected chi connectivity index (χ0v) is 12.5. The van der Waals surface area contributed by atoms with Gasteiger partial charge < -0.3 is 10.4 Å². The second-order valence-corrected chi connectivity index (χ2v) is 7.69. The van der Waals surface area contributed by atoms with Crippen LogP contribution in [-0.2, 0) is 14.6 Å². The van der Waals surface area contributed by atoms with E-state index in [4.69, 9.17) is 0 Å². The summed E-state index contributed by atoms with van der Waals surface area (Å²) >= 11 is 0. The average molecular weight is 291 g/mol. The lowest BCUT2D eigenvalue weighted by atomic mass is 10.0. The predicted molar refractivity (Wildman–Crippen MR) is 74.6 cm³/mol. The molecule has 0 aromatic rings. The minimum Gasteiger partial charge on any atom is -0.387 e. The van der Waals surface area contributed by atoms with Gasteiger partial charge in [0, 0.05) is 13.0 Å². The van der Waals surface area contributed by atoms with Crippen LogP contribution in [-0.4, -0.2) is 43.1 Å². The fraction of sp³-hybridized carbons (Fsp3) is 0.923. The Labute approximate surface area is 115 Å². The van der Waals surface area contributed by atoms with Gasteiger partial charge in [0.2, 0.25) is 5.91 Å². The first-order chi connectivity index (χ1) is 8.87. The molecule has 1 aliphatic heterocycles. The Morgan fingerprint density at radius 2 is 1.95 bits per heavy atom. The summed E-state index contributed by atoms with van der Waals surface area (Å²) in [7, 11) is -3.13. The lowest BCUT2D eigenvalue weighted by molar-refractivity contribution is -0.122. The normalized spacial score (nSPS) is 25.4. The first kappa shape index (κ1) is 16.4. The summed E-state index contributed by atoms with van der Waals surface area (Å²) in [5.41, 5.74) is -1.27. The zero-order valence-electron chi connectivity index (χ0n) is 11.7. The smallest absolute Gasteiger partial charge is 0.220 e. The van der Waals surface area contributed by atoms with Crippen LogP contribution in [0.3, 0.4) is 0 Å². The third kappa shape index (κ3) is 6.38. The van der Waals surface area contributed by atoms with Crippen LogP contribution < -0.4 is 5.32 Å². The molecule has 0 aromatic heterocycles. The van der Waals surface area contributed by atoms with E-state index >= 15 is 0 Å². The SMILES string of the molecule is CCCCCCCC(=O)NC[C@@]1(O)CCS(=O)(=O)C1. The molecule has 1 saturated heterocycles. The van der Waals surface area contributed by atoms with Crippen molar-refractivity contribution >= 4 is 15.7 Å². The number of carbonyl (C=O) groups is 1. The molecule has 1 rings (SSSR count). The monoisotopic (exact) mass is 291 g/mol. The van der Waals surface area contributed by atoms with Gasteiger partial charge in [-0.25, -0.2) is 8.42 Å². The fourth-order valence-electron chi connectivity index (χ4n) is 2.28. The third-order valence-electron chi connectivity index (χ3n) is 3.49. The molecule has 0 bridgehead atoms. The quantitative estimate of drug-likeness (QED) is 0.654. The highest BCUT2D eigenvalue weighted by atomic mass is 32.2. The van der Waals surface area contributed by atoms with Crippen LogP contribution in [0, 0.1) is 0 Å². The van der Waals surface area contributed by atoms with Crippen molar-refractivity contribution in [2.24, 2.45) is 0 Å². The molecular weight excluding hydrogens is 266 g/mol. The number of sulfone groups is 1. The highest BCUT2D eigenvalue weighted by molar-refractivity contribution is 7.91. The largest absolute Gasteiger partial charge is 0.387 e. The topological polar surface area (TPSA) is 83.5 Å². The molecule has 0 unspecified atom stereocenters. The average Bonchev–Trinajstić information content (AvgIpc) is 2.62. The summed E-state index contributed by atoms with van der Waals surface area (Å²) in [5.74, 6) is -0.332. The Kier molecular flexibility index (Phi) is 6.26. The van der Waals surface area contributed by atoms with Gasteiger partial charge in [-0.3, -0.25) is 4.79 Å². The van der Waals surface area contributed by atoms with Crippen molar-refractivity contribution in [2.45, 2.75) is 57.5 Å². The van der Waals surface area contributed by atoms with Crippen molar-refractivity contribution < 1.29 is 18.3 Å². The van der Waals surface area contributed by atoms with Crippen molar-refractivity contribution in [3.8, 4) is 0 Å². The standard InChI is InChI=1S/C13H25NO4S/c1-2-3-4-5-6-7-12(15)14-10-13(16)8-9-19(17,18)11-13/h16H,2-11H2,1H3,(H,14,15)/t13-/m0/s1. The van der Waals surface area contributed by atoms with E-state index in [0.717, 1.165) is 19.3 Å². The molecule has 0 spiro atoms. The maximum atomic E-state index is 11.6. The van der Waals surface area contributed by atoms with Gasteiger partial charge in [0.1, 0.15) is 0 Å². The molecule has 1 aliphatic rings. The summed E-state index contributed by atoms with van der Waals surface area (Å²) in [6, 6.07) is 0. The molecule has 1 atom stereocenters. The number of nitrogens with one attached hydrogen (secondary N) is 1. The second kappa shape index (κ2) is 7.24. The fourth-order valence-corrected chi connectivity index (χ4v) is 4.18. The summed E-state index contributed by atoms with van der Waals surface area (Å²) in [4.78, 5) is 11.6. The van der Waals surface area contributed by atoms with E-state index in [0.29, 0.717) is 6.42 Å². The molecule has 2 N–H and O–H groups in total. The Hall–Kier alpha value is -0.620. The molecule has 0 saturated carbocycles. The number of unbranched alkanes of at least 4 members (excludes halogenated alkanes) is 4. The van der Waals surface area contributed by atoms with E-state index in [9.17, 15) is 18.3 Å². The third-order valence-corrected chi connectivity index (χ3v) is 5.29. The van der Waals surface area contributed by atoms with Gasteiger partial charge >= 0.3 is 0 Å². The van der Waals surface area contributed by atoms with Gasteiger partial charge in [0.25, 0.3) is 0 Å². The van der Waals surface area contributed by atoms with Crippen molar-refractivity contribution in [3.05, 3.63) is 0 Å². The van der Waals surface area contributed by atoms with Gasteiger partial charge in [0.15, 0.2) is 9.84 Å². The minimum absolute atomic E-state index is 0.0103. The van der Waals surface area contributed by atoms with E-state index in [-0.39, 0.29) is 30.4 Å². The van der Waals surface area contributed by atoms with Crippen LogP contribution in [0.15, 0.2) is 0 Å². The predicted octanol–water partition coefficient (Wildman–Crippen LogP) is 1.01. The highest BCUT2D eigenvalue weighted by Crippen LogP contribution is 2.22. The van der Waals surface area contributed by atoms with Crippen molar-refractivity contribution in [1.82, 2.24) is 5.32 Å². The summed E-state index contributed by atoms with van der Waals surface area (Å²) in [5, 5.41) is 12.7. The van der Waals surface area contributed by atoms with Gasteiger partial charge in [-0.05, 0) is 12.8 Å². The van der Waals surface area contributed by atoms with Gasteiger partial charge in [0.05, 0.1) is 17.1 Å². The van der Waals surface area contributed by atoms with Crippen molar-refractivity contribution in [2.75, 3.05) is 18.1 Å². The Morgan fingerprint density at radius 1 is 1.26 bits per heavy atom. The Morgan fingerprint density at radius 3 is 2.53 bits per heavy atom. The summed E-state index contributed by atoms with van der Waals surface area (Å²) < 4.78 is 22.6. The van der Waals surface area contributed by atoms with E-state index in [1.807, 2.05) is 0 Å². The van der Waals surface area contributed by atoms with Crippen LogP contribution in [0.1, 0.15) is 51.9 Å². The number of hydrogen-bond acceptors (Lipinski definition) is 4. The summed E-state index contributed by atoms with van der Waals surface area (Å²) in [6.07, 6.45) is 6.07. The van der Waals surface area contributed by atoms with Crippen LogP contribution in [0.4, 0.5) is 0 Å². The maximum absolute atomic E-state index is 11.6. The van der Waals surface area contributed by atoms with E-state index < -0.39 is 15.4 Å². The lowest BCUT2D eigenvalue weighted by Gasteiger charge is -2.20. The van der Waals surface area contributed by atoms with E-state index in [1.165, 1.54) is 12.8 Å². The van der Waals surface area contributed by atoms with Gasteiger partial charge in [-0.1, -0.05) is 32.6 Å². The van der Waals surface area contributed by atoms with Gasteiger partial charge in [-0.2, -0.15) is 0 Å². The zero-order chi connectivity index (χ0) is 14.4. The number of rotatable bonds is 8. The summed E-state index contributed by atoms with van der Waals surface area (Å²) in [6.45, 7) is 2.18. The molecular formula is C13H25NO4S. The minimum atomic E-state index is -3.13. The Bertz CT molecular complexity index is 393. The van der Waals surface area contributed by atoms with Crippen LogP contribution in [0.25, 0.3) is 0 Å². The number of amides is 1. The van der Waals surface area contributed by atoms with Crippen molar-refractivity contribution in [1.29, 1.82) is 0 Å². The number of hydrogen-bond donors (Lipinski definition) is 2. The molecule has 112 valence electrons. The van der Waals surface area contributed by atoms with Gasteiger partial charge in [-0.15, -0.1) is 0 Å². The highest BCUT2D eigenvalue weighted by Gasteiger charge is 2.40. The number of aliphatic hydroxyl groups is 1. The van der Waals surface area contributed by atoms with Crippen LogP contribution >= 0.6 is 0 Å². The molecule has 1 fully saturated rings. The molecule has 1 amide bonds. The molecule has 19 heavy (non-hydrogen) atoms. The molecule has 0 aromatic carbocycles. The Balaban J connectivity index is 2.16. The first-order valence-corrected chi connectivity index (χ1v) is 8.88. The molecule has 6 heteroatoms. The maximum Gasteiger partial charge on any atom is 0.220 e. The first-order valence-electron chi connectivity index (χ1n) is 7.06.